The number of nitrogens with one attached hydrogen (secondary N) is 5. The minimum absolute atomic E-state index is 0.0170. The second-order valence-electron chi connectivity index (χ2n) is 20.9. The van der Waals surface area contributed by atoms with Gasteiger partial charge in [-0.1, -0.05) is 41.9 Å². The predicted octanol–water partition coefficient (Wildman–Crippen LogP) is 18.3. The highest BCUT2D eigenvalue weighted by atomic mass is 79.9. The lowest BCUT2D eigenvalue weighted by atomic mass is 10.0. The van der Waals surface area contributed by atoms with Crippen molar-refractivity contribution in [1.82, 2.24) is 64.0 Å². The van der Waals surface area contributed by atoms with Crippen molar-refractivity contribution in [3.8, 4) is 34.5 Å². The highest BCUT2D eigenvalue weighted by Gasteiger charge is 2.16. The molecule has 0 aliphatic rings. The quantitative estimate of drug-likeness (QED) is 0.0393. The molecule has 0 aliphatic carbocycles. The van der Waals surface area contributed by atoms with Crippen LogP contribution in [-0.2, 0) is 6.42 Å². The van der Waals surface area contributed by atoms with Crippen LogP contribution in [0.2, 0.25) is 0 Å². The van der Waals surface area contributed by atoms with Crippen LogP contribution in [0.5, 0.6) is 34.5 Å². The molecule has 25 nitrogen and oxygen atoms in total. The van der Waals surface area contributed by atoms with Crippen molar-refractivity contribution in [1.29, 1.82) is 0 Å². The molecule has 0 saturated heterocycles. The van der Waals surface area contributed by atoms with E-state index in [-0.39, 0.29) is 17.1 Å². The average Bonchev–Trinajstić information content (AvgIpc) is 1.70. The number of ether oxygens (including phenoxy) is 4. The lowest BCUT2D eigenvalue weighted by Gasteiger charge is -2.10. The number of rotatable bonds is 18. The monoisotopic (exact) mass is 1580 g/mol. The molecule has 496 valence electrons. The van der Waals surface area contributed by atoms with E-state index >= 15 is 0 Å². The zero-order chi connectivity index (χ0) is 69.0. The Bertz CT molecular complexity index is 4690. The SMILES string of the molecule is COc1cc(/C=C/c2cnc(N=Nc3ccc[nH]3)[nH]2)cc(Br)c1O.COc1cc(/C=C/c2nc3scc(CC(C)C)c3c(=O)[nH]2)cc(Br)c1C.COc1cc(N=Nc2cnc(/C=C/c3ncc[nH]3)[nH]2)cc(Br)c1O.Cc1cc(/C=C/n2ccnc2)cc(Br)c1OC(=O)n1ccnc1. The second kappa shape index (κ2) is 34.3. The summed E-state index contributed by atoms with van der Waals surface area (Å²) in [6.45, 7) is 8.18. The summed E-state index contributed by atoms with van der Waals surface area (Å²) in [4.78, 5) is 64.9. The molecular formula is C67H61Br4N17O8S. The molecule has 8 heterocycles. The van der Waals surface area contributed by atoms with Gasteiger partial charge in [0.2, 0.25) is 5.95 Å². The number of phenolic OH excluding ortho intramolecular Hbond substituents is 2. The molecule has 0 saturated carbocycles. The summed E-state index contributed by atoms with van der Waals surface area (Å²) in [7, 11) is 4.63. The van der Waals surface area contributed by atoms with Gasteiger partial charge >= 0.3 is 6.09 Å². The van der Waals surface area contributed by atoms with Crippen LogP contribution < -0.4 is 24.5 Å². The van der Waals surface area contributed by atoms with Crippen LogP contribution in [0.25, 0.3) is 58.9 Å². The fourth-order valence-electron chi connectivity index (χ4n) is 8.72. The molecule has 0 amide bonds. The Morgan fingerprint density at radius 1 is 0.660 bits per heavy atom. The number of aromatic nitrogens is 13. The zero-order valence-corrected chi connectivity index (χ0v) is 59.9. The van der Waals surface area contributed by atoms with Gasteiger partial charge in [0.15, 0.2) is 34.6 Å². The van der Waals surface area contributed by atoms with Gasteiger partial charge in [-0.05, 0) is 192 Å². The normalized spacial score (nSPS) is 11.5. The predicted molar refractivity (Wildman–Crippen MR) is 391 cm³/mol. The third-order valence-corrected chi connectivity index (χ3v) is 17.0. The highest BCUT2D eigenvalue weighted by molar-refractivity contribution is 9.11. The van der Waals surface area contributed by atoms with Crippen molar-refractivity contribution in [2.24, 2.45) is 26.4 Å². The Morgan fingerprint density at radius 2 is 1.34 bits per heavy atom. The van der Waals surface area contributed by atoms with Crippen LogP contribution in [-0.4, -0.2) is 102 Å². The van der Waals surface area contributed by atoms with Crippen LogP contribution >= 0.6 is 75.1 Å². The van der Waals surface area contributed by atoms with E-state index in [4.69, 9.17) is 18.9 Å². The molecule has 7 N–H and O–H groups in total. The Kier molecular flexibility index (Phi) is 25.1. The van der Waals surface area contributed by atoms with Gasteiger partial charge in [0, 0.05) is 65.7 Å². The summed E-state index contributed by atoms with van der Waals surface area (Å²) >= 11 is 15.1. The topological polar surface area (TPSA) is 327 Å². The molecule has 12 aromatic rings. The molecule has 0 bridgehead atoms. The third kappa shape index (κ3) is 20.1. The van der Waals surface area contributed by atoms with Crippen LogP contribution in [0.3, 0.4) is 0 Å². The molecule has 0 aliphatic heterocycles. The van der Waals surface area contributed by atoms with Crippen LogP contribution in [0.15, 0.2) is 178 Å². The van der Waals surface area contributed by atoms with Gasteiger partial charge < -0.3 is 58.6 Å². The van der Waals surface area contributed by atoms with E-state index in [0.717, 1.165) is 71.8 Å². The number of carbonyl (C=O) groups excluding carboxylic acids is 1. The molecule has 0 atom stereocenters. The fourth-order valence-corrected chi connectivity index (χ4v) is 11.7. The number of hydrogen-bond acceptors (Lipinski definition) is 19. The first kappa shape index (κ1) is 70.9. The molecule has 0 fully saturated rings. The summed E-state index contributed by atoms with van der Waals surface area (Å²) in [5.74, 6) is 6.08. The molecule has 8 aromatic heterocycles. The van der Waals surface area contributed by atoms with E-state index in [2.05, 4.69) is 153 Å². The number of aromatic amines is 5. The smallest absolute Gasteiger partial charge is 0.424 e. The molecule has 30 heteroatoms. The molecule has 4 aromatic carbocycles. The number of azo groups is 2. The standard InChI is InChI=1S/C20H21BrN2O2S.C16H14BrN5O2.C16H13BrN4O2.C15H13BrN6O2/c1-11(2)7-14-10-26-20-18(14)19(24)22-17(23-20)6-5-13-8-15(21)12(3)16(9-13)25-4;1-24-13-8-10(7-12(17)15(13)23)4-5-11-9-19-16(20-11)22-21-14-3-2-6-18-14;1-12-8-13(2-5-20-6-3-18-10-20)9-14(17)15(12)23-16(22)21-7-4-19-11-21;1-24-11-7-9(6-10(16)15(11)23)21-22-14-8-19-13(20-14)3-2-12-17-4-5-18-12/h5-6,8-11H,7H2,1-4H3,(H,22,23,24);2-9,18,23H,1H3,(H,19,20);2-11H,1H3;2-8,23H,1H3,(H,17,18)(H,19,20)/b6-5+;5-4+,22-21?;5-2+;3-2+,22-21?. The minimum Gasteiger partial charge on any atom is -0.503 e. The summed E-state index contributed by atoms with van der Waals surface area (Å²) in [5.41, 5.74) is 7.01. The van der Waals surface area contributed by atoms with Gasteiger partial charge in [0.25, 0.3) is 5.56 Å². The fraction of sp³-hybridized carbons (Fsp3) is 0.134. The number of aryl methyl sites for hydroxylation is 1. The summed E-state index contributed by atoms with van der Waals surface area (Å²) in [6.07, 6.45) is 33.4. The van der Waals surface area contributed by atoms with Crippen molar-refractivity contribution >= 4 is 163 Å². The number of thiophene rings is 1. The number of phenols is 2. The molecule has 12 rings (SSSR count). The minimum atomic E-state index is -0.506. The van der Waals surface area contributed by atoms with E-state index in [1.165, 1.54) is 48.8 Å². The maximum absolute atomic E-state index is 12.5. The van der Waals surface area contributed by atoms with Crippen molar-refractivity contribution in [2.75, 3.05) is 21.3 Å². The number of aromatic hydroxyl groups is 2. The average molecular weight is 1580 g/mol. The second-order valence-corrected chi connectivity index (χ2v) is 25.2. The lowest BCUT2D eigenvalue weighted by molar-refractivity contribution is 0.201. The number of methoxy groups -OCH3 is 3. The van der Waals surface area contributed by atoms with Crippen LogP contribution in [0.4, 0.5) is 28.1 Å². The van der Waals surface area contributed by atoms with Gasteiger partial charge in [0.05, 0.1) is 70.2 Å². The Hall–Kier alpha value is -10.4. The lowest BCUT2D eigenvalue weighted by Crippen LogP contribution is -2.15. The highest BCUT2D eigenvalue weighted by Crippen LogP contribution is 2.39. The summed E-state index contributed by atoms with van der Waals surface area (Å²) < 4.78 is 26.9. The maximum Gasteiger partial charge on any atom is 0.424 e. The van der Waals surface area contributed by atoms with Gasteiger partial charge in [-0.3, -0.25) is 4.79 Å². The van der Waals surface area contributed by atoms with Gasteiger partial charge in [0.1, 0.15) is 40.1 Å². The number of nitrogens with zero attached hydrogens (tertiary/aromatic N) is 12. The van der Waals surface area contributed by atoms with Gasteiger partial charge in [-0.2, -0.15) is 0 Å². The number of fused-ring (bicyclic) bond motifs is 1. The Morgan fingerprint density at radius 3 is 2.03 bits per heavy atom. The molecule has 97 heavy (non-hydrogen) atoms. The van der Waals surface area contributed by atoms with E-state index in [1.54, 1.807) is 87.0 Å². The number of halogens is 4. The van der Waals surface area contributed by atoms with Gasteiger partial charge in [-0.25, -0.2) is 39.3 Å². The first-order valence-electron chi connectivity index (χ1n) is 29.1. The van der Waals surface area contributed by atoms with Gasteiger partial charge in [-0.15, -0.1) is 31.8 Å². The number of benzene rings is 4. The number of H-pyrrole nitrogens is 5. The maximum atomic E-state index is 12.5. The number of hydrogen-bond donors (Lipinski definition) is 7. The first-order chi connectivity index (χ1) is 46.8. The van der Waals surface area contributed by atoms with E-state index in [9.17, 15) is 19.8 Å². The number of carbonyl (C=O) groups is 1. The van der Waals surface area contributed by atoms with Crippen molar-refractivity contribution < 1.29 is 34.0 Å². The Labute approximate surface area is 592 Å². The first-order valence-corrected chi connectivity index (χ1v) is 33.1. The van der Waals surface area contributed by atoms with E-state index < -0.39 is 6.09 Å². The van der Waals surface area contributed by atoms with Crippen LogP contribution in [0.1, 0.15) is 70.4 Å². The summed E-state index contributed by atoms with van der Waals surface area (Å²) in [6, 6.07) is 18.2. The number of imidazole rings is 5. The largest absolute Gasteiger partial charge is 0.503 e. The van der Waals surface area contributed by atoms with Crippen molar-refractivity contribution in [2.45, 2.75) is 34.1 Å². The van der Waals surface area contributed by atoms with Crippen LogP contribution in [0, 0.1) is 19.8 Å². The van der Waals surface area contributed by atoms with E-state index in [0.29, 0.717) is 71.5 Å². The summed E-state index contributed by atoms with van der Waals surface area (Å²) in [5, 5.41) is 38.6. The zero-order valence-electron chi connectivity index (χ0n) is 52.7. The molecular weight excluding hydrogens is 1520 g/mol. The van der Waals surface area contributed by atoms with Crippen molar-refractivity contribution in [3.63, 3.8) is 0 Å². The van der Waals surface area contributed by atoms with Crippen molar-refractivity contribution in [3.05, 3.63) is 219 Å². The molecule has 0 unspecified atom stereocenters. The third-order valence-electron chi connectivity index (χ3n) is 13.4. The molecule has 0 radical (unpaired) electrons. The Balaban J connectivity index is 0.000000152. The van der Waals surface area contributed by atoms with E-state index in [1.807, 2.05) is 103 Å². The molecule has 0 spiro atoms.